The van der Waals surface area contributed by atoms with Crippen LogP contribution in [0.15, 0.2) is 18.7 Å². The monoisotopic (exact) mass is 196 g/mol. The van der Waals surface area contributed by atoms with Crippen LogP contribution in [0.3, 0.4) is 0 Å². The Morgan fingerprint density at radius 2 is 2.46 bits per heavy atom. The third-order valence-corrected chi connectivity index (χ3v) is 2.37. The first-order chi connectivity index (χ1) is 6.27. The Bertz CT molecular complexity index is 383. The molecule has 0 fully saturated rings. The third-order valence-electron chi connectivity index (χ3n) is 1.65. The maximum Gasteiger partial charge on any atom is 0.135 e. The summed E-state index contributed by atoms with van der Waals surface area (Å²) in [5.74, 6) is 0. The Hall–Kier alpha value is -1.27. The molecule has 1 N–H and O–H groups in total. The van der Waals surface area contributed by atoms with Crippen molar-refractivity contribution in [2.24, 2.45) is 7.05 Å². The summed E-state index contributed by atoms with van der Waals surface area (Å²) in [5.41, 5.74) is 0.619. The lowest BCUT2D eigenvalue weighted by Crippen LogP contribution is -1.97. The second-order valence-corrected chi connectivity index (χ2v) is 3.50. The van der Waals surface area contributed by atoms with E-state index in [0.717, 1.165) is 0 Å². The van der Waals surface area contributed by atoms with Crippen LogP contribution in [-0.2, 0) is 7.05 Å². The van der Waals surface area contributed by atoms with Crippen LogP contribution >= 0.6 is 11.5 Å². The average molecular weight is 196 g/mol. The van der Waals surface area contributed by atoms with Gasteiger partial charge in [-0.1, -0.05) is 4.49 Å². The van der Waals surface area contributed by atoms with E-state index in [1.165, 1.54) is 11.5 Å². The van der Waals surface area contributed by atoms with Gasteiger partial charge in [0.15, 0.2) is 0 Å². The summed E-state index contributed by atoms with van der Waals surface area (Å²) in [6.07, 6.45) is 4.25. The Labute approximate surface area is 78.8 Å². The molecular weight excluding hydrogens is 188 g/mol. The van der Waals surface area contributed by atoms with Crippen molar-refractivity contribution < 1.29 is 5.11 Å². The first-order valence-corrected chi connectivity index (χ1v) is 4.48. The zero-order valence-corrected chi connectivity index (χ0v) is 7.77. The summed E-state index contributed by atoms with van der Waals surface area (Å²) < 4.78 is 5.46. The SMILES string of the molecule is Cn1cnc(C(O)c2cnns2)c1. The number of aromatic nitrogens is 4. The quantitative estimate of drug-likeness (QED) is 0.753. The Morgan fingerprint density at radius 3 is 3.00 bits per heavy atom. The van der Waals surface area contributed by atoms with Gasteiger partial charge in [0.2, 0.25) is 0 Å². The molecule has 0 saturated carbocycles. The van der Waals surface area contributed by atoms with Crippen LogP contribution in [0.5, 0.6) is 0 Å². The highest BCUT2D eigenvalue weighted by Crippen LogP contribution is 2.21. The van der Waals surface area contributed by atoms with Gasteiger partial charge in [0, 0.05) is 13.2 Å². The largest absolute Gasteiger partial charge is 0.381 e. The fourth-order valence-corrected chi connectivity index (χ4v) is 1.52. The summed E-state index contributed by atoms with van der Waals surface area (Å²) in [6.45, 7) is 0. The standard InChI is InChI=1S/C7H8N4OS/c1-11-3-5(8-4-11)7(12)6-2-9-10-13-6/h2-4,7,12H,1H3. The number of aliphatic hydroxyl groups excluding tert-OH is 1. The molecule has 0 radical (unpaired) electrons. The van der Waals surface area contributed by atoms with Gasteiger partial charge in [-0.05, 0) is 11.5 Å². The Balaban J connectivity index is 2.28. The van der Waals surface area contributed by atoms with Gasteiger partial charge in [0.1, 0.15) is 6.10 Å². The van der Waals surface area contributed by atoms with Gasteiger partial charge in [0.25, 0.3) is 0 Å². The zero-order valence-electron chi connectivity index (χ0n) is 6.95. The second kappa shape index (κ2) is 3.23. The lowest BCUT2D eigenvalue weighted by molar-refractivity contribution is 0.219. The molecule has 0 saturated heterocycles. The maximum absolute atomic E-state index is 9.75. The van der Waals surface area contributed by atoms with Gasteiger partial charge in [-0.2, -0.15) is 0 Å². The topological polar surface area (TPSA) is 63.8 Å². The highest BCUT2D eigenvalue weighted by atomic mass is 32.1. The molecule has 2 rings (SSSR count). The molecule has 1 atom stereocenters. The molecule has 0 spiro atoms. The van der Waals surface area contributed by atoms with E-state index in [9.17, 15) is 5.11 Å². The van der Waals surface area contributed by atoms with E-state index in [1.54, 1.807) is 23.3 Å². The van der Waals surface area contributed by atoms with Gasteiger partial charge >= 0.3 is 0 Å². The third kappa shape index (κ3) is 1.58. The molecular formula is C7H8N4OS. The van der Waals surface area contributed by atoms with E-state index in [1.807, 2.05) is 7.05 Å². The molecule has 1 unspecified atom stereocenters. The molecule has 0 bridgehead atoms. The number of rotatable bonds is 2. The fraction of sp³-hybridized carbons (Fsp3) is 0.286. The molecule has 2 heterocycles. The summed E-state index contributed by atoms with van der Waals surface area (Å²) in [7, 11) is 1.86. The maximum atomic E-state index is 9.75. The normalized spacial score (nSPS) is 13.1. The fourth-order valence-electron chi connectivity index (χ4n) is 1.02. The van der Waals surface area contributed by atoms with Crippen molar-refractivity contribution in [2.75, 3.05) is 0 Å². The van der Waals surface area contributed by atoms with Crippen molar-refractivity contribution >= 4 is 11.5 Å². The zero-order chi connectivity index (χ0) is 9.26. The van der Waals surface area contributed by atoms with Crippen LogP contribution in [0.2, 0.25) is 0 Å². The minimum atomic E-state index is -0.707. The van der Waals surface area contributed by atoms with E-state index < -0.39 is 6.10 Å². The van der Waals surface area contributed by atoms with Crippen molar-refractivity contribution in [2.45, 2.75) is 6.10 Å². The highest BCUT2D eigenvalue weighted by molar-refractivity contribution is 7.05. The number of aryl methyl sites for hydroxylation is 1. The molecule has 5 nitrogen and oxygen atoms in total. The van der Waals surface area contributed by atoms with E-state index in [0.29, 0.717) is 10.6 Å². The highest BCUT2D eigenvalue weighted by Gasteiger charge is 2.14. The van der Waals surface area contributed by atoms with Gasteiger partial charge in [-0.3, -0.25) is 0 Å². The van der Waals surface area contributed by atoms with Gasteiger partial charge in [0.05, 0.1) is 23.1 Å². The van der Waals surface area contributed by atoms with Crippen molar-refractivity contribution in [1.29, 1.82) is 0 Å². The van der Waals surface area contributed by atoms with Crippen LogP contribution in [0.1, 0.15) is 16.7 Å². The first kappa shape index (κ1) is 8.33. The minimum absolute atomic E-state index is 0.619. The van der Waals surface area contributed by atoms with E-state index in [2.05, 4.69) is 14.6 Å². The number of hydrogen-bond donors (Lipinski definition) is 1. The van der Waals surface area contributed by atoms with Crippen molar-refractivity contribution in [3.63, 3.8) is 0 Å². The average Bonchev–Trinajstić information content (AvgIpc) is 2.72. The number of imidazole rings is 1. The van der Waals surface area contributed by atoms with Crippen LogP contribution < -0.4 is 0 Å². The lowest BCUT2D eigenvalue weighted by atomic mass is 10.2. The number of nitrogens with zero attached hydrogens (tertiary/aromatic N) is 4. The van der Waals surface area contributed by atoms with Crippen LogP contribution in [0, 0.1) is 0 Å². The number of hydrogen-bond acceptors (Lipinski definition) is 5. The predicted molar refractivity (Wildman–Crippen MR) is 47.2 cm³/mol. The molecule has 68 valence electrons. The Morgan fingerprint density at radius 1 is 1.62 bits per heavy atom. The van der Waals surface area contributed by atoms with Gasteiger partial charge in [-0.25, -0.2) is 4.98 Å². The van der Waals surface area contributed by atoms with Crippen LogP contribution in [-0.4, -0.2) is 24.2 Å². The molecule has 0 aromatic carbocycles. The second-order valence-electron chi connectivity index (χ2n) is 2.69. The smallest absolute Gasteiger partial charge is 0.135 e. The first-order valence-electron chi connectivity index (χ1n) is 3.70. The van der Waals surface area contributed by atoms with E-state index in [4.69, 9.17) is 0 Å². The summed E-state index contributed by atoms with van der Waals surface area (Å²) in [5, 5.41) is 13.4. The molecule has 2 aromatic rings. The lowest BCUT2D eigenvalue weighted by Gasteiger charge is -2.01. The van der Waals surface area contributed by atoms with E-state index in [-0.39, 0.29) is 0 Å². The molecule has 0 aliphatic rings. The van der Waals surface area contributed by atoms with Crippen LogP contribution in [0.4, 0.5) is 0 Å². The molecule has 0 amide bonds. The summed E-state index contributed by atoms with van der Waals surface area (Å²) >= 11 is 1.17. The molecule has 2 aromatic heterocycles. The molecule has 13 heavy (non-hydrogen) atoms. The van der Waals surface area contributed by atoms with Crippen LogP contribution in [0.25, 0.3) is 0 Å². The molecule has 6 heteroatoms. The van der Waals surface area contributed by atoms with Crippen molar-refractivity contribution in [1.82, 2.24) is 19.1 Å². The van der Waals surface area contributed by atoms with Gasteiger partial charge in [-0.15, -0.1) is 5.10 Å². The summed E-state index contributed by atoms with van der Waals surface area (Å²) in [6, 6.07) is 0. The molecule has 0 aliphatic carbocycles. The molecule has 0 aliphatic heterocycles. The van der Waals surface area contributed by atoms with Crippen molar-refractivity contribution in [3.8, 4) is 0 Å². The minimum Gasteiger partial charge on any atom is -0.381 e. The number of aliphatic hydroxyl groups is 1. The van der Waals surface area contributed by atoms with Gasteiger partial charge < -0.3 is 9.67 Å². The van der Waals surface area contributed by atoms with E-state index >= 15 is 0 Å². The summed E-state index contributed by atoms with van der Waals surface area (Å²) in [4.78, 5) is 4.74. The van der Waals surface area contributed by atoms with Crippen molar-refractivity contribution in [3.05, 3.63) is 29.3 Å². The Kier molecular flexibility index (Phi) is 2.07. The predicted octanol–water partition coefficient (Wildman–Crippen LogP) is 0.353.